The van der Waals surface area contributed by atoms with Crippen LogP contribution in [0, 0.1) is 20.8 Å². The van der Waals surface area contributed by atoms with E-state index in [0.29, 0.717) is 32.5 Å². The van der Waals surface area contributed by atoms with E-state index in [9.17, 15) is 9.90 Å². The van der Waals surface area contributed by atoms with Gasteiger partial charge in [-0.15, -0.1) is 0 Å². The molecule has 0 spiro atoms. The van der Waals surface area contributed by atoms with Crippen LogP contribution in [-0.2, 0) is 13.6 Å². The Morgan fingerprint density at radius 2 is 1.93 bits per heavy atom. The number of nitrogens with zero attached hydrogens (tertiary/aromatic N) is 4. The first-order valence-electron chi connectivity index (χ1n) is 9.84. The standard InChI is InChI=1S/C22H28N4O2/c1-15-16(2)24(4)20-6-5-18(13-19(15)20)21(27)25-10-7-22(28,8-11-25)14-26-12-9-23-17(26)3/h5-6,9,12-13,28H,7-8,10-11,14H2,1-4H3. The van der Waals surface area contributed by atoms with E-state index >= 15 is 0 Å². The Kier molecular flexibility index (Phi) is 4.54. The number of piperidine rings is 1. The Labute approximate surface area is 165 Å². The van der Waals surface area contributed by atoms with E-state index in [-0.39, 0.29) is 5.91 Å². The third-order valence-corrected chi connectivity index (χ3v) is 6.42. The van der Waals surface area contributed by atoms with Crippen molar-refractivity contribution in [2.75, 3.05) is 13.1 Å². The molecule has 0 saturated carbocycles. The number of carbonyl (C=O) groups excluding carboxylic acids is 1. The average molecular weight is 380 g/mol. The summed E-state index contributed by atoms with van der Waals surface area (Å²) < 4.78 is 4.14. The molecular weight excluding hydrogens is 352 g/mol. The second-order valence-electron chi connectivity index (χ2n) is 8.12. The van der Waals surface area contributed by atoms with Crippen molar-refractivity contribution < 1.29 is 9.90 Å². The molecule has 2 aromatic heterocycles. The van der Waals surface area contributed by atoms with Gasteiger partial charge in [-0.3, -0.25) is 4.79 Å². The summed E-state index contributed by atoms with van der Waals surface area (Å²) in [4.78, 5) is 19.1. The van der Waals surface area contributed by atoms with Crippen molar-refractivity contribution in [3.63, 3.8) is 0 Å². The second kappa shape index (κ2) is 6.78. The lowest BCUT2D eigenvalue weighted by Crippen LogP contribution is -2.48. The molecule has 1 aliphatic rings. The van der Waals surface area contributed by atoms with Gasteiger partial charge in [-0.2, -0.15) is 0 Å². The lowest BCUT2D eigenvalue weighted by atomic mass is 9.90. The highest BCUT2D eigenvalue weighted by molar-refractivity contribution is 5.99. The maximum atomic E-state index is 13.1. The minimum Gasteiger partial charge on any atom is -0.388 e. The fourth-order valence-corrected chi connectivity index (χ4v) is 4.24. The van der Waals surface area contributed by atoms with E-state index in [1.165, 1.54) is 11.3 Å². The number of aromatic nitrogens is 3. The lowest BCUT2D eigenvalue weighted by Gasteiger charge is -2.38. The second-order valence-corrected chi connectivity index (χ2v) is 8.12. The van der Waals surface area contributed by atoms with E-state index in [1.807, 2.05) is 40.8 Å². The molecule has 3 aromatic rings. The average Bonchev–Trinajstić information content (AvgIpc) is 3.18. The molecule has 1 aromatic carbocycles. The summed E-state index contributed by atoms with van der Waals surface area (Å²) in [5, 5.41) is 12.1. The van der Waals surface area contributed by atoms with Crippen LogP contribution in [0.2, 0.25) is 0 Å². The molecule has 148 valence electrons. The zero-order valence-corrected chi connectivity index (χ0v) is 17.1. The third kappa shape index (κ3) is 3.11. The van der Waals surface area contributed by atoms with Crippen molar-refractivity contribution in [1.29, 1.82) is 0 Å². The molecule has 0 unspecified atom stereocenters. The number of aryl methyl sites for hydroxylation is 3. The number of imidazole rings is 1. The van der Waals surface area contributed by atoms with Gasteiger partial charge in [-0.1, -0.05) is 0 Å². The highest BCUT2D eigenvalue weighted by atomic mass is 16.3. The fraction of sp³-hybridized carbons (Fsp3) is 0.455. The van der Waals surface area contributed by atoms with E-state index in [2.05, 4.69) is 30.4 Å². The Morgan fingerprint density at radius 1 is 1.21 bits per heavy atom. The highest BCUT2D eigenvalue weighted by Crippen LogP contribution is 2.28. The molecule has 0 atom stereocenters. The number of aliphatic hydroxyl groups is 1. The highest BCUT2D eigenvalue weighted by Gasteiger charge is 2.34. The van der Waals surface area contributed by atoms with Crippen molar-refractivity contribution in [3.8, 4) is 0 Å². The van der Waals surface area contributed by atoms with Gasteiger partial charge >= 0.3 is 0 Å². The smallest absolute Gasteiger partial charge is 0.253 e. The van der Waals surface area contributed by atoms with Gasteiger partial charge in [0.15, 0.2) is 0 Å². The molecule has 6 nitrogen and oxygen atoms in total. The molecule has 6 heteroatoms. The first kappa shape index (κ1) is 18.7. The summed E-state index contributed by atoms with van der Waals surface area (Å²) in [6, 6.07) is 5.96. The summed E-state index contributed by atoms with van der Waals surface area (Å²) in [6.45, 7) is 7.79. The number of amides is 1. The molecule has 1 aliphatic heterocycles. The molecule has 4 rings (SSSR count). The molecule has 1 amide bonds. The van der Waals surface area contributed by atoms with Crippen LogP contribution in [0.4, 0.5) is 0 Å². The molecule has 28 heavy (non-hydrogen) atoms. The first-order valence-corrected chi connectivity index (χ1v) is 9.84. The van der Waals surface area contributed by atoms with Gasteiger partial charge in [0.25, 0.3) is 5.91 Å². The minimum atomic E-state index is -0.792. The minimum absolute atomic E-state index is 0.0451. The summed E-state index contributed by atoms with van der Waals surface area (Å²) in [5.41, 5.74) is 3.51. The molecule has 1 N–H and O–H groups in total. The van der Waals surface area contributed by atoms with Crippen molar-refractivity contribution in [2.45, 2.75) is 45.8 Å². The van der Waals surface area contributed by atoms with Crippen LogP contribution in [0.5, 0.6) is 0 Å². The number of carbonyl (C=O) groups is 1. The molecule has 1 fully saturated rings. The normalized spacial score (nSPS) is 16.7. The molecule has 0 bridgehead atoms. The lowest BCUT2D eigenvalue weighted by molar-refractivity contribution is -0.0295. The number of benzene rings is 1. The van der Waals surface area contributed by atoms with Gasteiger partial charge in [-0.25, -0.2) is 4.98 Å². The maximum absolute atomic E-state index is 13.1. The number of rotatable bonds is 3. The summed E-state index contributed by atoms with van der Waals surface area (Å²) in [6.07, 6.45) is 4.79. The Hall–Kier alpha value is -2.60. The van der Waals surface area contributed by atoms with Gasteiger partial charge in [0.2, 0.25) is 0 Å². The van der Waals surface area contributed by atoms with Gasteiger partial charge < -0.3 is 19.1 Å². The Bertz CT molecular complexity index is 1040. The van der Waals surface area contributed by atoms with Crippen molar-refractivity contribution in [1.82, 2.24) is 19.0 Å². The molecule has 0 radical (unpaired) electrons. The van der Waals surface area contributed by atoms with E-state index < -0.39 is 5.60 Å². The predicted molar refractivity (Wildman–Crippen MR) is 109 cm³/mol. The topological polar surface area (TPSA) is 63.3 Å². The number of hydrogen-bond donors (Lipinski definition) is 1. The number of fused-ring (bicyclic) bond motifs is 1. The first-order chi connectivity index (χ1) is 13.3. The van der Waals surface area contributed by atoms with Crippen LogP contribution >= 0.6 is 0 Å². The summed E-state index contributed by atoms with van der Waals surface area (Å²) in [5.74, 6) is 0.942. The fourth-order valence-electron chi connectivity index (χ4n) is 4.24. The van der Waals surface area contributed by atoms with E-state index in [0.717, 1.165) is 22.3 Å². The predicted octanol–water partition coefficient (Wildman–Crippen LogP) is 2.97. The van der Waals surface area contributed by atoms with Crippen LogP contribution < -0.4 is 0 Å². The van der Waals surface area contributed by atoms with Crippen molar-refractivity contribution in [3.05, 3.63) is 53.2 Å². The van der Waals surface area contributed by atoms with Gasteiger partial charge in [0.1, 0.15) is 5.82 Å². The SMILES string of the molecule is Cc1c(C)n(C)c2ccc(C(=O)N3CCC(O)(Cn4ccnc4C)CC3)cc12. The summed E-state index contributed by atoms with van der Waals surface area (Å²) in [7, 11) is 2.06. The van der Waals surface area contributed by atoms with Crippen molar-refractivity contribution >= 4 is 16.8 Å². The van der Waals surface area contributed by atoms with E-state index in [4.69, 9.17) is 0 Å². The van der Waals surface area contributed by atoms with Gasteiger partial charge in [-0.05, 0) is 57.4 Å². The Morgan fingerprint density at radius 3 is 2.57 bits per heavy atom. The van der Waals surface area contributed by atoms with Crippen molar-refractivity contribution in [2.24, 2.45) is 7.05 Å². The van der Waals surface area contributed by atoms with Gasteiger partial charge in [0.05, 0.1) is 12.1 Å². The van der Waals surface area contributed by atoms with Crippen LogP contribution in [0.3, 0.4) is 0 Å². The zero-order chi connectivity index (χ0) is 20.1. The molecule has 3 heterocycles. The summed E-state index contributed by atoms with van der Waals surface area (Å²) >= 11 is 0. The number of hydrogen-bond acceptors (Lipinski definition) is 3. The largest absolute Gasteiger partial charge is 0.388 e. The van der Waals surface area contributed by atoms with Gasteiger partial charge in [0, 0.05) is 54.7 Å². The molecular formula is C22H28N4O2. The Balaban J connectivity index is 1.49. The third-order valence-electron chi connectivity index (χ3n) is 6.42. The molecule has 1 saturated heterocycles. The van der Waals surface area contributed by atoms with E-state index in [1.54, 1.807) is 6.20 Å². The monoisotopic (exact) mass is 380 g/mol. The quantitative estimate of drug-likeness (QED) is 0.760. The van der Waals surface area contributed by atoms with Crippen LogP contribution in [0.25, 0.3) is 10.9 Å². The molecule has 0 aliphatic carbocycles. The zero-order valence-electron chi connectivity index (χ0n) is 17.1. The van der Waals surface area contributed by atoms with Crippen LogP contribution in [0.1, 0.15) is 40.3 Å². The van der Waals surface area contributed by atoms with Crippen LogP contribution in [0.15, 0.2) is 30.6 Å². The van der Waals surface area contributed by atoms with Crippen LogP contribution in [-0.4, -0.2) is 48.7 Å². The number of likely N-dealkylation sites (tertiary alicyclic amines) is 1. The maximum Gasteiger partial charge on any atom is 0.253 e.